The summed E-state index contributed by atoms with van der Waals surface area (Å²) < 4.78 is 5.14. The molecule has 0 spiro atoms. The third-order valence-corrected chi connectivity index (χ3v) is 3.83. The zero-order chi connectivity index (χ0) is 17.4. The molecule has 0 amide bonds. The molecule has 0 aromatic heterocycles. The van der Waals surface area contributed by atoms with Crippen molar-refractivity contribution in [3.8, 4) is 11.5 Å². The first-order chi connectivity index (χ1) is 11.4. The van der Waals surface area contributed by atoms with Crippen molar-refractivity contribution in [2.24, 2.45) is 5.92 Å². The van der Waals surface area contributed by atoms with Gasteiger partial charge in [0.15, 0.2) is 23.1 Å². The van der Waals surface area contributed by atoms with E-state index in [2.05, 4.69) is 0 Å². The van der Waals surface area contributed by atoms with Crippen molar-refractivity contribution in [1.29, 1.82) is 0 Å². The summed E-state index contributed by atoms with van der Waals surface area (Å²) in [4.78, 5) is 37.0. The third kappa shape index (κ3) is 2.58. The number of carbonyl (C=O) groups excluding carboxylic acids is 3. The van der Waals surface area contributed by atoms with Gasteiger partial charge in [0.05, 0.1) is 5.56 Å². The number of phenols is 1. The van der Waals surface area contributed by atoms with Gasteiger partial charge in [-0.2, -0.15) is 0 Å². The molecule has 0 heterocycles. The largest absolute Gasteiger partial charge is 0.504 e. The van der Waals surface area contributed by atoms with Crippen molar-refractivity contribution < 1.29 is 24.2 Å². The Balaban J connectivity index is 2.04. The molecule has 1 N–H and O–H groups in total. The average molecular weight is 324 g/mol. The van der Waals surface area contributed by atoms with Gasteiger partial charge in [-0.25, -0.2) is 0 Å². The first-order valence-electron chi connectivity index (χ1n) is 7.65. The number of phenolic OH excluding ortho intramolecular Hbond substituents is 1. The third-order valence-electron chi connectivity index (χ3n) is 3.83. The molecule has 0 aliphatic heterocycles. The van der Waals surface area contributed by atoms with Gasteiger partial charge in [0.2, 0.25) is 0 Å². The van der Waals surface area contributed by atoms with Crippen LogP contribution in [0.15, 0.2) is 36.4 Å². The molecule has 24 heavy (non-hydrogen) atoms. The Morgan fingerprint density at radius 1 is 1.00 bits per heavy atom. The number of aromatic hydroxyl groups is 1. The van der Waals surface area contributed by atoms with Crippen molar-refractivity contribution in [1.82, 2.24) is 0 Å². The van der Waals surface area contributed by atoms with Crippen LogP contribution in [0.1, 0.15) is 52.1 Å². The molecular formula is C19H16O5. The summed E-state index contributed by atoms with van der Waals surface area (Å²) in [5, 5.41) is 10.4. The SMILES string of the molecule is CC(C)CC(=O)Oc1ccc2c(c1O)C(=O)c1ccccc1C2=O. The number of ether oxygens (including phenoxy) is 1. The number of carbonyl (C=O) groups is 3. The maximum absolute atomic E-state index is 12.6. The second-order valence-electron chi connectivity index (χ2n) is 6.11. The van der Waals surface area contributed by atoms with E-state index in [4.69, 9.17) is 4.74 Å². The summed E-state index contributed by atoms with van der Waals surface area (Å²) in [6, 6.07) is 9.19. The molecule has 0 saturated carbocycles. The van der Waals surface area contributed by atoms with Crippen LogP contribution >= 0.6 is 0 Å². The van der Waals surface area contributed by atoms with Crippen molar-refractivity contribution in [3.05, 3.63) is 58.7 Å². The molecule has 5 heteroatoms. The quantitative estimate of drug-likeness (QED) is 0.591. The number of fused-ring (bicyclic) bond motifs is 2. The van der Waals surface area contributed by atoms with E-state index in [1.165, 1.54) is 18.2 Å². The molecule has 0 atom stereocenters. The summed E-state index contributed by atoms with van der Waals surface area (Å²) in [5.74, 6) is -1.78. The van der Waals surface area contributed by atoms with Gasteiger partial charge >= 0.3 is 5.97 Å². The highest BCUT2D eigenvalue weighted by Gasteiger charge is 2.33. The highest BCUT2D eigenvalue weighted by atomic mass is 16.5. The molecule has 1 aliphatic rings. The summed E-state index contributed by atoms with van der Waals surface area (Å²) in [6.45, 7) is 3.74. The molecule has 5 nitrogen and oxygen atoms in total. The number of benzene rings is 2. The molecule has 2 aromatic carbocycles. The highest BCUT2D eigenvalue weighted by Crippen LogP contribution is 2.38. The Labute approximate surface area is 138 Å². The van der Waals surface area contributed by atoms with Gasteiger partial charge in [0, 0.05) is 23.1 Å². The maximum atomic E-state index is 12.6. The molecule has 1 aliphatic carbocycles. The maximum Gasteiger partial charge on any atom is 0.311 e. The Kier molecular flexibility index (Phi) is 3.93. The fraction of sp³-hybridized carbons (Fsp3) is 0.211. The molecule has 0 saturated heterocycles. The normalized spacial score (nSPS) is 12.8. The van der Waals surface area contributed by atoms with Gasteiger partial charge in [-0.1, -0.05) is 38.1 Å². The Morgan fingerprint density at radius 2 is 1.62 bits per heavy atom. The standard InChI is InChI=1S/C19H16O5/c1-10(2)9-15(20)24-14-8-7-13-16(19(14)23)18(22)12-6-4-3-5-11(12)17(13)21/h3-8,10,23H,9H2,1-2H3. The van der Waals surface area contributed by atoms with Gasteiger partial charge < -0.3 is 9.84 Å². The summed E-state index contributed by atoms with van der Waals surface area (Å²) in [5.41, 5.74) is 0.531. The molecule has 3 rings (SSSR count). The monoisotopic (exact) mass is 324 g/mol. The zero-order valence-corrected chi connectivity index (χ0v) is 13.3. The van der Waals surface area contributed by atoms with Gasteiger partial charge in [0.1, 0.15) is 0 Å². The molecule has 0 fully saturated rings. The lowest BCUT2D eigenvalue weighted by Crippen LogP contribution is -2.21. The fourth-order valence-electron chi connectivity index (χ4n) is 2.73. The first kappa shape index (κ1) is 15.9. The van der Waals surface area contributed by atoms with Gasteiger partial charge in [-0.05, 0) is 18.1 Å². The minimum atomic E-state index is -0.504. The summed E-state index contributed by atoms with van der Waals surface area (Å²) in [6.07, 6.45) is 0.187. The smallest absolute Gasteiger partial charge is 0.311 e. The van der Waals surface area contributed by atoms with Crippen molar-refractivity contribution in [3.63, 3.8) is 0 Å². The van der Waals surface area contributed by atoms with E-state index < -0.39 is 17.5 Å². The minimum Gasteiger partial charge on any atom is -0.504 e. The van der Waals surface area contributed by atoms with Crippen LogP contribution in [0.4, 0.5) is 0 Å². The van der Waals surface area contributed by atoms with E-state index in [1.54, 1.807) is 18.2 Å². The van der Waals surface area contributed by atoms with E-state index in [0.29, 0.717) is 5.56 Å². The predicted octanol–water partition coefficient (Wildman–Crippen LogP) is 3.12. The Hall–Kier alpha value is -2.95. The Morgan fingerprint density at radius 3 is 2.25 bits per heavy atom. The van der Waals surface area contributed by atoms with Crippen LogP contribution in [0.5, 0.6) is 11.5 Å². The van der Waals surface area contributed by atoms with Crippen LogP contribution in [0.25, 0.3) is 0 Å². The molecule has 0 radical (unpaired) electrons. The topological polar surface area (TPSA) is 80.7 Å². The second-order valence-corrected chi connectivity index (χ2v) is 6.11. The van der Waals surface area contributed by atoms with Gasteiger partial charge in [0.25, 0.3) is 0 Å². The molecule has 0 bridgehead atoms. The van der Waals surface area contributed by atoms with E-state index in [0.717, 1.165) is 0 Å². The second kappa shape index (κ2) is 5.92. The minimum absolute atomic E-state index is 0.104. The van der Waals surface area contributed by atoms with Crippen LogP contribution < -0.4 is 4.74 Å². The van der Waals surface area contributed by atoms with Gasteiger partial charge in [-0.15, -0.1) is 0 Å². The van der Waals surface area contributed by atoms with E-state index in [9.17, 15) is 19.5 Å². The van der Waals surface area contributed by atoms with Crippen LogP contribution in [-0.4, -0.2) is 22.6 Å². The molecule has 2 aromatic rings. The average Bonchev–Trinajstić information content (AvgIpc) is 2.53. The van der Waals surface area contributed by atoms with E-state index >= 15 is 0 Å². The van der Waals surface area contributed by atoms with Gasteiger partial charge in [-0.3, -0.25) is 14.4 Å². The van der Waals surface area contributed by atoms with Crippen molar-refractivity contribution >= 4 is 17.5 Å². The fourth-order valence-corrected chi connectivity index (χ4v) is 2.73. The summed E-state index contributed by atoms with van der Waals surface area (Å²) >= 11 is 0. The zero-order valence-electron chi connectivity index (χ0n) is 13.3. The van der Waals surface area contributed by atoms with Crippen LogP contribution in [0.2, 0.25) is 0 Å². The summed E-state index contributed by atoms with van der Waals surface area (Å²) in [7, 11) is 0. The predicted molar refractivity (Wildman–Crippen MR) is 86.5 cm³/mol. The van der Waals surface area contributed by atoms with E-state index in [-0.39, 0.29) is 40.6 Å². The van der Waals surface area contributed by atoms with Crippen LogP contribution in [0, 0.1) is 5.92 Å². The van der Waals surface area contributed by atoms with E-state index in [1.807, 2.05) is 13.8 Å². The lowest BCUT2D eigenvalue weighted by Gasteiger charge is -2.19. The number of ketones is 2. The number of rotatable bonds is 3. The number of hydrogen-bond donors (Lipinski definition) is 1. The first-order valence-corrected chi connectivity index (χ1v) is 7.65. The number of hydrogen-bond acceptors (Lipinski definition) is 5. The van der Waals surface area contributed by atoms with Crippen molar-refractivity contribution in [2.75, 3.05) is 0 Å². The highest BCUT2D eigenvalue weighted by molar-refractivity contribution is 6.29. The van der Waals surface area contributed by atoms with Crippen LogP contribution in [-0.2, 0) is 4.79 Å². The lowest BCUT2D eigenvalue weighted by atomic mass is 9.83. The molecular weight excluding hydrogens is 308 g/mol. The molecule has 0 unspecified atom stereocenters. The lowest BCUT2D eigenvalue weighted by molar-refractivity contribution is -0.135. The Bertz CT molecular complexity index is 864. The molecule has 122 valence electrons. The van der Waals surface area contributed by atoms with Crippen LogP contribution in [0.3, 0.4) is 0 Å². The van der Waals surface area contributed by atoms with Crippen molar-refractivity contribution in [2.45, 2.75) is 20.3 Å². The number of esters is 1.